The van der Waals surface area contributed by atoms with Gasteiger partial charge < -0.3 is 4.42 Å². The summed E-state index contributed by atoms with van der Waals surface area (Å²) in [6.45, 7) is 0.587. The van der Waals surface area contributed by atoms with E-state index >= 15 is 0 Å². The predicted octanol–water partition coefficient (Wildman–Crippen LogP) is 5.32. The van der Waals surface area contributed by atoms with Crippen LogP contribution in [-0.4, -0.2) is 36.7 Å². The molecule has 35 heavy (non-hydrogen) atoms. The van der Waals surface area contributed by atoms with Gasteiger partial charge in [0.2, 0.25) is 15.9 Å². The minimum absolute atomic E-state index is 0.0366. The molecule has 0 bridgehead atoms. The topological polar surface area (TPSA) is 83.7 Å². The smallest absolute Gasteiger partial charge is 0.243 e. The standard InChI is InChI=1S/C24H21ClFN3O4S2/c25-20-4-1-5-21-22(20)27-24(34-21)29(15-18-3-2-14-33-18)23(30)16-10-12-28(13-11-16)35(31,32)19-8-6-17(26)7-9-19/h1-9,14,16H,10-13,15H2. The van der Waals surface area contributed by atoms with E-state index in [0.29, 0.717) is 34.3 Å². The molecule has 3 heterocycles. The number of carbonyl (C=O) groups excluding carboxylic acids is 1. The summed E-state index contributed by atoms with van der Waals surface area (Å²) in [6, 6.07) is 13.8. The number of sulfonamides is 1. The van der Waals surface area contributed by atoms with E-state index in [1.54, 1.807) is 29.4 Å². The average molecular weight is 534 g/mol. The molecule has 0 aliphatic carbocycles. The summed E-state index contributed by atoms with van der Waals surface area (Å²) < 4.78 is 46.8. The molecule has 0 radical (unpaired) electrons. The highest BCUT2D eigenvalue weighted by Gasteiger charge is 2.35. The van der Waals surface area contributed by atoms with Gasteiger partial charge in [-0.05, 0) is 61.4 Å². The molecule has 0 N–H and O–H groups in total. The molecule has 5 rings (SSSR count). The fourth-order valence-corrected chi connectivity index (χ4v) is 6.88. The van der Waals surface area contributed by atoms with Gasteiger partial charge in [0, 0.05) is 19.0 Å². The Bertz CT molecular complexity index is 1450. The Labute approximate surface area is 210 Å². The van der Waals surface area contributed by atoms with E-state index in [2.05, 4.69) is 4.98 Å². The average Bonchev–Trinajstić information content (AvgIpc) is 3.53. The van der Waals surface area contributed by atoms with Crippen LogP contribution in [0.3, 0.4) is 0 Å². The van der Waals surface area contributed by atoms with Crippen LogP contribution in [0.2, 0.25) is 5.02 Å². The van der Waals surface area contributed by atoms with Crippen molar-refractivity contribution in [3.8, 4) is 0 Å². The van der Waals surface area contributed by atoms with E-state index in [0.717, 1.165) is 16.8 Å². The van der Waals surface area contributed by atoms with Gasteiger partial charge in [-0.1, -0.05) is 29.0 Å². The maximum atomic E-state index is 13.7. The highest BCUT2D eigenvalue weighted by molar-refractivity contribution is 7.89. The van der Waals surface area contributed by atoms with Gasteiger partial charge in [-0.3, -0.25) is 9.69 Å². The van der Waals surface area contributed by atoms with Crippen molar-refractivity contribution in [3.05, 3.63) is 77.5 Å². The zero-order valence-corrected chi connectivity index (χ0v) is 20.8. The lowest BCUT2D eigenvalue weighted by molar-refractivity contribution is -0.123. The van der Waals surface area contributed by atoms with Crippen LogP contribution in [0, 0.1) is 11.7 Å². The Morgan fingerprint density at radius 3 is 2.54 bits per heavy atom. The monoisotopic (exact) mass is 533 g/mol. The number of fused-ring (bicyclic) bond motifs is 1. The van der Waals surface area contributed by atoms with Gasteiger partial charge in [0.05, 0.1) is 27.4 Å². The highest BCUT2D eigenvalue weighted by Crippen LogP contribution is 2.35. The molecule has 2 aromatic heterocycles. The van der Waals surface area contributed by atoms with Crippen molar-refractivity contribution < 1.29 is 22.0 Å². The minimum Gasteiger partial charge on any atom is -0.467 e. The van der Waals surface area contributed by atoms with Gasteiger partial charge in [0.1, 0.15) is 17.1 Å². The lowest BCUT2D eigenvalue weighted by Crippen LogP contribution is -2.44. The maximum absolute atomic E-state index is 13.7. The summed E-state index contributed by atoms with van der Waals surface area (Å²) in [5, 5.41) is 1.02. The SMILES string of the molecule is O=C(C1CCN(S(=O)(=O)c2ccc(F)cc2)CC1)N(Cc1ccco1)c1nc2c(Cl)cccc2s1. The van der Waals surface area contributed by atoms with Crippen molar-refractivity contribution in [2.24, 2.45) is 5.92 Å². The zero-order valence-electron chi connectivity index (χ0n) is 18.4. The van der Waals surface area contributed by atoms with Crippen molar-refractivity contribution >= 4 is 54.2 Å². The van der Waals surface area contributed by atoms with E-state index in [4.69, 9.17) is 16.0 Å². The van der Waals surface area contributed by atoms with Crippen LogP contribution < -0.4 is 4.90 Å². The third-order valence-electron chi connectivity index (χ3n) is 6.00. The minimum atomic E-state index is -3.76. The number of thiazole rings is 1. The molecular formula is C24H21ClFN3O4S2. The number of para-hydroxylation sites is 1. The number of rotatable bonds is 6. The van der Waals surface area contributed by atoms with Crippen molar-refractivity contribution in [2.75, 3.05) is 18.0 Å². The number of hydrogen-bond acceptors (Lipinski definition) is 6. The second-order valence-corrected chi connectivity index (χ2v) is 11.6. The fraction of sp³-hybridized carbons (Fsp3) is 0.250. The fourth-order valence-electron chi connectivity index (χ4n) is 4.14. The first-order valence-electron chi connectivity index (χ1n) is 11.0. The summed E-state index contributed by atoms with van der Waals surface area (Å²) >= 11 is 7.67. The first-order valence-corrected chi connectivity index (χ1v) is 13.6. The van der Waals surface area contributed by atoms with Gasteiger partial charge >= 0.3 is 0 Å². The molecule has 0 saturated carbocycles. The molecule has 4 aromatic rings. The van der Waals surface area contributed by atoms with Gasteiger partial charge in [-0.15, -0.1) is 0 Å². The Kier molecular flexibility index (Phi) is 6.63. The zero-order chi connectivity index (χ0) is 24.6. The molecule has 2 aromatic carbocycles. The van der Waals surface area contributed by atoms with E-state index in [-0.39, 0.29) is 36.4 Å². The van der Waals surface area contributed by atoms with Gasteiger partial charge in [0.15, 0.2) is 5.13 Å². The maximum Gasteiger partial charge on any atom is 0.243 e. The number of carbonyl (C=O) groups is 1. The Morgan fingerprint density at radius 2 is 1.89 bits per heavy atom. The summed E-state index contributed by atoms with van der Waals surface area (Å²) in [4.78, 5) is 19.9. The van der Waals surface area contributed by atoms with Crippen LogP contribution >= 0.6 is 22.9 Å². The number of halogens is 2. The van der Waals surface area contributed by atoms with Crippen molar-refractivity contribution in [1.82, 2.24) is 9.29 Å². The van der Waals surface area contributed by atoms with E-state index in [9.17, 15) is 17.6 Å². The number of benzene rings is 2. The third-order valence-corrected chi connectivity index (χ3v) is 9.27. The van der Waals surface area contributed by atoms with Gasteiger partial charge in [-0.25, -0.2) is 17.8 Å². The highest BCUT2D eigenvalue weighted by atomic mass is 35.5. The molecule has 1 aliphatic rings. The van der Waals surface area contributed by atoms with Crippen LogP contribution in [0.4, 0.5) is 9.52 Å². The van der Waals surface area contributed by atoms with Gasteiger partial charge in [-0.2, -0.15) is 4.31 Å². The van der Waals surface area contributed by atoms with Crippen LogP contribution in [0.25, 0.3) is 10.2 Å². The summed E-state index contributed by atoms with van der Waals surface area (Å²) in [5.74, 6) is -0.413. The molecule has 1 aliphatic heterocycles. The van der Waals surface area contributed by atoms with E-state index < -0.39 is 15.8 Å². The van der Waals surface area contributed by atoms with E-state index in [1.807, 2.05) is 12.1 Å². The summed E-state index contributed by atoms with van der Waals surface area (Å²) in [7, 11) is -3.76. The largest absolute Gasteiger partial charge is 0.467 e. The molecule has 7 nitrogen and oxygen atoms in total. The number of amides is 1. The Balaban J connectivity index is 1.36. The van der Waals surface area contributed by atoms with Crippen molar-refractivity contribution in [2.45, 2.75) is 24.3 Å². The first-order chi connectivity index (χ1) is 16.8. The lowest BCUT2D eigenvalue weighted by Gasteiger charge is -2.32. The molecule has 1 saturated heterocycles. The number of hydrogen-bond donors (Lipinski definition) is 0. The third kappa shape index (κ3) is 4.84. The quantitative estimate of drug-likeness (QED) is 0.335. The number of piperidine rings is 1. The molecule has 0 atom stereocenters. The number of furan rings is 1. The number of aromatic nitrogens is 1. The summed E-state index contributed by atoms with van der Waals surface area (Å²) in [6.07, 6.45) is 2.27. The van der Waals surface area contributed by atoms with Crippen molar-refractivity contribution in [3.63, 3.8) is 0 Å². The molecule has 1 fully saturated rings. The second kappa shape index (κ2) is 9.69. The Morgan fingerprint density at radius 1 is 1.14 bits per heavy atom. The summed E-state index contributed by atoms with van der Waals surface area (Å²) in [5.41, 5.74) is 0.631. The van der Waals surface area contributed by atoms with Gasteiger partial charge in [0.25, 0.3) is 0 Å². The van der Waals surface area contributed by atoms with Crippen LogP contribution in [0.15, 0.2) is 70.2 Å². The molecule has 0 unspecified atom stereocenters. The number of anilines is 1. The van der Waals surface area contributed by atoms with Crippen LogP contribution in [0.5, 0.6) is 0 Å². The Hall–Kier alpha value is -2.79. The van der Waals surface area contributed by atoms with Crippen LogP contribution in [0.1, 0.15) is 18.6 Å². The molecular weight excluding hydrogens is 513 g/mol. The first kappa shape index (κ1) is 23.9. The van der Waals surface area contributed by atoms with E-state index in [1.165, 1.54) is 27.8 Å². The predicted molar refractivity (Wildman–Crippen MR) is 132 cm³/mol. The lowest BCUT2D eigenvalue weighted by atomic mass is 9.96. The number of nitrogens with zero attached hydrogens (tertiary/aromatic N) is 3. The molecule has 182 valence electrons. The molecule has 0 spiro atoms. The normalized spacial score (nSPS) is 15.5. The molecule has 11 heteroatoms. The van der Waals surface area contributed by atoms with Crippen LogP contribution in [-0.2, 0) is 21.4 Å². The second-order valence-electron chi connectivity index (χ2n) is 8.22. The molecule has 1 amide bonds. The van der Waals surface area contributed by atoms with Crippen molar-refractivity contribution in [1.29, 1.82) is 0 Å².